The molecule has 8 heteroatoms. The van der Waals surface area contributed by atoms with E-state index in [2.05, 4.69) is 20.8 Å². The molecule has 0 aliphatic heterocycles. The summed E-state index contributed by atoms with van der Waals surface area (Å²) in [5.41, 5.74) is 1.24. The van der Waals surface area contributed by atoms with Crippen LogP contribution in [0.4, 0.5) is 0 Å². The van der Waals surface area contributed by atoms with Gasteiger partial charge in [-0.3, -0.25) is 4.79 Å². The minimum atomic E-state index is -0.191. The molecule has 1 heterocycles. The quantitative estimate of drug-likeness (QED) is 0.656. The van der Waals surface area contributed by atoms with E-state index < -0.39 is 0 Å². The fourth-order valence-electron chi connectivity index (χ4n) is 2.20. The van der Waals surface area contributed by atoms with Gasteiger partial charge in [-0.1, -0.05) is 12.1 Å². The molecule has 2 aromatic carbocycles. The number of aromatic nitrogens is 4. The molecule has 0 radical (unpaired) electrons. The molecule has 1 amide bonds. The molecule has 128 valence electrons. The van der Waals surface area contributed by atoms with Crippen LogP contribution in [-0.4, -0.2) is 46.4 Å². The maximum absolute atomic E-state index is 12.2. The van der Waals surface area contributed by atoms with Crippen molar-refractivity contribution >= 4 is 5.91 Å². The van der Waals surface area contributed by atoms with E-state index in [-0.39, 0.29) is 5.91 Å². The van der Waals surface area contributed by atoms with Gasteiger partial charge < -0.3 is 14.8 Å². The van der Waals surface area contributed by atoms with Crippen LogP contribution in [0.25, 0.3) is 5.69 Å². The van der Waals surface area contributed by atoms with Crippen LogP contribution in [-0.2, 0) is 0 Å². The van der Waals surface area contributed by atoms with E-state index >= 15 is 0 Å². The largest absolute Gasteiger partial charge is 0.497 e. The van der Waals surface area contributed by atoms with Crippen LogP contribution in [0.3, 0.4) is 0 Å². The predicted molar refractivity (Wildman–Crippen MR) is 90.0 cm³/mol. The topological polar surface area (TPSA) is 91.2 Å². The molecule has 3 aromatic rings. The Kier molecular flexibility index (Phi) is 5.20. The predicted octanol–water partition coefficient (Wildman–Crippen LogP) is 1.48. The molecule has 0 aliphatic rings. The number of benzene rings is 2. The summed E-state index contributed by atoms with van der Waals surface area (Å²) in [6.07, 6.45) is 1.47. The van der Waals surface area contributed by atoms with Crippen molar-refractivity contribution in [1.29, 1.82) is 0 Å². The SMILES string of the molecule is COc1cccc(OCCNC(=O)c2cccc(-n3cnnn3)c2)c1. The smallest absolute Gasteiger partial charge is 0.251 e. The van der Waals surface area contributed by atoms with Gasteiger partial charge >= 0.3 is 0 Å². The highest BCUT2D eigenvalue weighted by Crippen LogP contribution is 2.18. The summed E-state index contributed by atoms with van der Waals surface area (Å²) in [5.74, 6) is 1.22. The summed E-state index contributed by atoms with van der Waals surface area (Å²) in [5, 5.41) is 13.8. The van der Waals surface area contributed by atoms with Gasteiger partial charge in [-0.2, -0.15) is 0 Å². The van der Waals surface area contributed by atoms with Crippen molar-refractivity contribution in [2.75, 3.05) is 20.3 Å². The Labute approximate surface area is 144 Å². The standard InChI is InChI=1S/C17H17N5O3/c1-24-15-6-3-7-16(11-15)25-9-8-18-17(23)13-4-2-5-14(10-13)22-12-19-20-21-22/h2-7,10-12H,8-9H2,1H3,(H,18,23). The first kappa shape index (κ1) is 16.4. The third-order valence-electron chi connectivity index (χ3n) is 3.42. The van der Waals surface area contributed by atoms with Gasteiger partial charge in [0.05, 0.1) is 19.3 Å². The molecule has 0 fully saturated rings. The van der Waals surface area contributed by atoms with Gasteiger partial charge in [0.15, 0.2) is 0 Å². The molecule has 3 rings (SSSR count). The van der Waals surface area contributed by atoms with Crippen molar-refractivity contribution in [3.63, 3.8) is 0 Å². The highest BCUT2D eigenvalue weighted by molar-refractivity contribution is 5.94. The minimum Gasteiger partial charge on any atom is -0.497 e. The van der Waals surface area contributed by atoms with Crippen LogP contribution in [0.5, 0.6) is 11.5 Å². The first-order chi connectivity index (χ1) is 12.3. The molecule has 0 saturated heterocycles. The van der Waals surface area contributed by atoms with Crippen molar-refractivity contribution in [3.8, 4) is 17.2 Å². The lowest BCUT2D eigenvalue weighted by Gasteiger charge is -2.09. The first-order valence-electron chi connectivity index (χ1n) is 7.65. The zero-order valence-electron chi connectivity index (χ0n) is 13.6. The third-order valence-corrected chi connectivity index (χ3v) is 3.42. The molecule has 0 aliphatic carbocycles. The monoisotopic (exact) mass is 339 g/mol. The number of amides is 1. The second-order valence-electron chi connectivity index (χ2n) is 5.09. The normalized spacial score (nSPS) is 10.3. The van der Waals surface area contributed by atoms with Gasteiger partial charge in [0.2, 0.25) is 0 Å². The number of nitrogens with one attached hydrogen (secondary N) is 1. The highest BCUT2D eigenvalue weighted by atomic mass is 16.5. The molecule has 8 nitrogen and oxygen atoms in total. The van der Waals surface area contributed by atoms with Crippen LogP contribution in [0.15, 0.2) is 54.9 Å². The number of nitrogens with zero attached hydrogens (tertiary/aromatic N) is 4. The van der Waals surface area contributed by atoms with E-state index in [1.807, 2.05) is 24.3 Å². The fraction of sp³-hybridized carbons (Fsp3) is 0.176. The fourth-order valence-corrected chi connectivity index (χ4v) is 2.20. The molecule has 0 unspecified atom stereocenters. The molecule has 0 atom stereocenters. The Morgan fingerprint density at radius 1 is 1.16 bits per heavy atom. The lowest BCUT2D eigenvalue weighted by molar-refractivity contribution is 0.0947. The number of carbonyl (C=O) groups is 1. The van der Waals surface area contributed by atoms with E-state index in [1.165, 1.54) is 11.0 Å². The van der Waals surface area contributed by atoms with Crippen molar-refractivity contribution < 1.29 is 14.3 Å². The number of methoxy groups -OCH3 is 1. The summed E-state index contributed by atoms with van der Waals surface area (Å²) in [7, 11) is 1.60. The molecule has 1 aromatic heterocycles. The number of rotatable bonds is 7. The van der Waals surface area contributed by atoms with E-state index in [4.69, 9.17) is 9.47 Å². The second-order valence-corrected chi connectivity index (χ2v) is 5.09. The molecule has 1 N–H and O–H groups in total. The average Bonchev–Trinajstić information content (AvgIpc) is 3.20. The van der Waals surface area contributed by atoms with Gasteiger partial charge in [-0.25, -0.2) is 4.68 Å². The summed E-state index contributed by atoms with van der Waals surface area (Å²) in [6.45, 7) is 0.733. The molecule has 25 heavy (non-hydrogen) atoms. The molecule has 0 bridgehead atoms. The van der Waals surface area contributed by atoms with E-state index in [1.54, 1.807) is 31.4 Å². The van der Waals surface area contributed by atoms with E-state index in [9.17, 15) is 4.79 Å². The number of carbonyl (C=O) groups excluding carboxylic acids is 1. The number of tetrazole rings is 1. The van der Waals surface area contributed by atoms with E-state index in [0.717, 1.165) is 5.75 Å². The second kappa shape index (κ2) is 7.91. The number of hydrogen-bond acceptors (Lipinski definition) is 6. The summed E-state index contributed by atoms with van der Waals surface area (Å²) in [6, 6.07) is 14.3. The maximum Gasteiger partial charge on any atom is 0.251 e. The van der Waals surface area contributed by atoms with Crippen LogP contribution in [0.1, 0.15) is 10.4 Å². The van der Waals surface area contributed by atoms with Gasteiger partial charge in [-0.05, 0) is 40.8 Å². The lowest BCUT2D eigenvalue weighted by atomic mass is 10.2. The molecular weight excluding hydrogens is 322 g/mol. The van der Waals surface area contributed by atoms with Gasteiger partial charge in [0.25, 0.3) is 5.91 Å². The summed E-state index contributed by atoms with van der Waals surface area (Å²) >= 11 is 0. The van der Waals surface area contributed by atoms with Crippen molar-refractivity contribution in [3.05, 3.63) is 60.4 Å². The minimum absolute atomic E-state index is 0.191. The van der Waals surface area contributed by atoms with Gasteiger partial charge in [-0.15, -0.1) is 5.10 Å². The Bertz CT molecular complexity index is 836. The van der Waals surface area contributed by atoms with Crippen LogP contribution < -0.4 is 14.8 Å². The zero-order valence-corrected chi connectivity index (χ0v) is 13.6. The van der Waals surface area contributed by atoms with Crippen molar-refractivity contribution in [2.45, 2.75) is 0 Å². The van der Waals surface area contributed by atoms with Gasteiger partial charge in [0, 0.05) is 11.6 Å². The molecule has 0 spiro atoms. The molecule has 0 saturated carbocycles. The first-order valence-corrected chi connectivity index (χ1v) is 7.65. The Morgan fingerprint density at radius 3 is 2.80 bits per heavy atom. The van der Waals surface area contributed by atoms with E-state index in [0.29, 0.717) is 30.2 Å². The molecular formula is C17H17N5O3. The average molecular weight is 339 g/mol. The van der Waals surface area contributed by atoms with Crippen molar-refractivity contribution in [1.82, 2.24) is 25.5 Å². The Hall–Kier alpha value is -3.42. The Morgan fingerprint density at radius 2 is 2.00 bits per heavy atom. The number of ether oxygens (including phenoxy) is 2. The zero-order chi connectivity index (χ0) is 17.5. The highest BCUT2D eigenvalue weighted by Gasteiger charge is 2.07. The number of hydrogen-bond donors (Lipinski definition) is 1. The third kappa shape index (κ3) is 4.31. The summed E-state index contributed by atoms with van der Waals surface area (Å²) in [4.78, 5) is 12.2. The van der Waals surface area contributed by atoms with Crippen molar-refractivity contribution in [2.24, 2.45) is 0 Å². The summed E-state index contributed by atoms with van der Waals surface area (Å²) < 4.78 is 12.2. The Balaban J connectivity index is 1.52. The lowest BCUT2D eigenvalue weighted by Crippen LogP contribution is -2.28. The van der Waals surface area contributed by atoms with Gasteiger partial charge in [0.1, 0.15) is 24.4 Å². The van der Waals surface area contributed by atoms with Crippen LogP contribution >= 0.6 is 0 Å². The van der Waals surface area contributed by atoms with Crippen LogP contribution in [0.2, 0.25) is 0 Å². The van der Waals surface area contributed by atoms with Crippen LogP contribution in [0, 0.1) is 0 Å². The maximum atomic E-state index is 12.2.